The molecule has 0 saturated carbocycles. The van der Waals surface area contributed by atoms with Crippen molar-refractivity contribution >= 4 is 29.3 Å². The Labute approximate surface area is 241 Å². The number of carbonyl (C=O) groups is 1. The summed E-state index contributed by atoms with van der Waals surface area (Å²) in [6, 6.07) is 15.3. The molecule has 3 aromatic rings. The number of rotatable bonds is 10. The largest absolute Gasteiger partial charge is 0.492 e. The highest BCUT2D eigenvalue weighted by Crippen LogP contribution is 2.33. The van der Waals surface area contributed by atoms with Crippen molar-refractivity contribution in [3.05, 3.63) is 48.5 Å². The summed E-state index contributed by atoms with van der Waals surface area (Å²) in [5, 5.41) is 5.75. The van der Waals surface area contributed by atoms with Crippen LogP contribution in [0.4, 0.5) is 28.1 Å². The third kappa shape index (κ3) is 7.04. The van der Waals surface area contributed by atoms with Crippen LogP contribution in [0.5, 0.6) is 5.75 Å². The van der Waals surface area contributed by atoms with E-state index in [4.69, 9.17) is 24.4 Å². The first-order valence-electron chi connectivity index (χ1n) is 14.2. The second-order valence-corrected chi connectivity index (χ2v) is 11.1. The molecule has 2 amide bonds. The lowest BCUT2D eigenvalue weighted by Crippen LogP contribution is -2.47. The summed E-state index contributed by atoms with van der Waals surface area (Å²) in [7, 11) is 6.01. The molecule has 2 aromatic carbocycles. The fraction of sp³-hybridized carbons (Fsp3) is 0.467. The van der Waals surface area contributed by atoms with Crippen LogP contribution in [0.2, 0.25) is 0 Å². The van der Waals surface area contributed by atoms with Gasteiger partial charge in [0.25, 0.3) is 0 Å². The Hall–Kier alpha value is -3.96. The Balaban J connectivity index is 1.26. The van der Waals surface area contributed by atoms with Crippen LogP contribution in [-0.2, 0) is 4.74 Å². The van der Waals surface area contributed by atoms with Crippen molar-refractivity contribution in [3.8, 4) is 17.1 Å². The van der Waals surface area contributed by atoms with E-state index in [1.807, 2.05) is 69.7 Å². The molecule has 2 atom stereocenters. The molecular formula is C30H40N8O3. The van der Waals surface area contributed by atoms with Gasteiger partial charge in [-0.1, -0.05) is 0 Å². The van der Waals surface area contributed by atoms with Crippen molar-refractivity contribution in [2.75, 3.05) is 67.9 Å². The number of amides is 2. The molecule has 1 aromatic heterocycles. The number of nitrogens with one attached hydrogen (secondary N) is 2. The Kier molecular flexibility index (Phi) is 8.84. The maximum atomic E-state index is 12.6. The molecule has 2 saturated heterocycles. The smallest absolute Gasteiger partial charge is 0.323 e. The first-order valence-corrected chi connectivity index (χ1v) is 14.2. The normalized spacial score (nSPS) is 18.1. The third-order valence-electron chi connectivity index (χ3n) is 7.49. The van der Waals surface area contributed by atoms with Gasteiger partial charge >= 0.3 is 6.03 Å². The zero-order valence-corrected chi connectivity index (χ0v) is 24.5. The van der Waals surface area contributed by atoms with Gasteiger partial charge in [0.15, 0.2) is 5.82 Å². The first kappa shape index (κ1) is 28.6. The number of hydrogen-bond acceptors (Lipinski definition) is 9. The lowest BCUT2D eigenvalue weighted by Gasteiger charge is -2.35. The van der Waals surface area contributed by atoms with Crippen LogP contribution in [0.25, 0.3) is 11.4 Å². The molecule has 0 radical (unpaired) electrons. The molecule has 3 heterocycles. The number of carbonyl (C=O) groups excluding carboxylic acids is 1. The van der Waals surface area contributed by atoms with Crippen LogP contribution < -0.4 is 25.2 Å². The van der Waals surface area contributed by atoms with E-state index in [1.165, 1.54) is 0 Å². The predicted octanol–water partition coefficient (Wildman–Crippen LogP) is 4.34. The number of urea groups is 1. The number of aromatic nitrogens is 3. The molecule has 11 heteroatoms. The number of hydrogen-bond donors (Lipinski definition) is 2. The van der Waals surface area contributed by atoms with Gasteiger partial charge in [0.2, 0.25) is 11.9 Å². The van der Waals surface area contributed by atoms with Crippen molar-refractivity contribution in [2.45, 2.75) is 44.8 Å². The van der Waals surface area contributed by atoms with Gasteiger partial charge in [0.1, 0.15) is 12.4 Å². The molecule has 2 bridgehead atoms. The molecule has 41 heavy (non-hydrogen) atoms. The molecule has 2 aliphatic rings. The molecule has 2 N–H and O–H groups in total. The first-order chi connectivity index (χ1) is 19.8. The minimum Gasteiger partial charge on any atom is -0.492 e. The molecular weight excluding hydrogens is 520 g/mol. The SMILES string of the molecule is CC(C)N(C)c1nc(-c2ccc(NC(=O)Nc3ccc(OCCN(C)C)cc3)cc2)nc(N2C3CCC2COC3)n1. The van der Waals surface area contributed by atoms with Crippen molar-refractivity contribution in [3.63, 3.8) is 0 Å². The van der Waals surface area contributed by atoms with Gasteiger partial charge in [0.05, 0.1) is 25.3 Å². The molecule has 11 nitrogen and oxygen atoms in total. The van der Waals surface area contributed by atoms with Crippen LogP contribution >= 0.6 is 0 Å². The van der Waals surface area contributed by atoms with E-state index in [0.717, 1.165) is 30.7 Å². The number of ether oxygens (including phenoxy) is 2. The second-order valence-electron chi connectivity index (χ2n) is 11.1. The topological polar surface area (TPSA) is 108 Å². The summed E-state index contributed by atoms with van der Waals surface area (Å²) < 4.78 is 11.5. The zero-order chi connectivity index (χ0) is 28.9. The number of anilines is 4. The molecule has 2 aliphatic heterocycles. The zero-order valence-electron chi connectivity index (χ0n) is 24.5. The Morgan fingerprint density at radius 2 is 1.56 bits per heavy atom. The van der Waals surface area contributed by atoms with Crippen LogP contribution in [0.3, 0.4) is 0 Å². The molecule has 218 valence electrons. The van der Waals surface area contributed by atoms with Crippen molar-refractivity contribution in [1.29, 1.82) is 0 Å². The minimum atomic E-state index is -0.329. The van der Waals surface area contributed by atoms with E-state index in [1.54, 1.807) is 0 Å². The van der Waals surface area contributed by atoms with Crippen LogP contribution in [0.15, 0.2) is 48.5 Å². The Morgan fingerprint density at radius 1 is 0.951 bits per heavy atom. The lowest BCUT2D eigenvalue weighted by molar-refractivity contribution is 0.0897. The van der Waals surface area contributed by atoms with Gasteiger partial charge in [-0.15, -0.1) is 0 Å². The van der Waals surface area contributed by atoms with Gasteiger partial charge in [-0.25, -0.2) is 4.79 Å². The molecule has 2 fully saturated rings. The highest BCUT2D eigenvalue weighted by Gasteiger charge is 2.39. The third-order valence-corrected chi connectivity index (χ3v) is 7.49. The second kappa shape index (κ2) is 12.7. The van der Waals surface area contributed by atoms with Crippen molar-refractivity contribution < 1.29 is 14.3 Å². The van der Waals surface area contributed by atoms with Gasteiger partial charge in [-0.2, -0.15) is 15.0 Å². The van der Waals surface area contributed by atoms with Crippen LogP contribution in [0.1, 0.15) is 26.7 Å². The standard InChI is InChI=1S/C30H40N8O3/c1-20(2)37(5)28-33-27(34-29(35-28)38-24-12-13-25(38)19-40-18-24)21-6-8-22(9-7-21)31-30(39)32-23-10-14-26(15-11-23)41-17-16-36(3)4/h6-11,14-15,20,24-25H,12-13,16-19H2,1-5H3,(H2,31,32,39). The number of morpholine rings is 1. The maximum Gasteiger partial charge on any atom is 0.323 e. The van der Waals surface area contributed by atoms with E-state index in [-0.39, 0.29) is 24.2 Å². The highest BCUT2D eigenvalue weighted by molar-refractivity contribution is 5.99. The predicted molar refractivity (Wildman–Crippen MR) is 162 cm³/mol. The lowest BCUT2D eigenvalue weighted by atomic mass is 10.2. The molecule has 0 spiro atoms. The summed E-state index contributed by atoms with van der Waals surface area (Å²) in [6.45, 7) is 7.06. The summed E-state index contributed by atoms with van der Waals surface area (Å²) in [5.74, 6) is 2.71. The van der Waals surface area contributed by atoms with E-state index >= 15 is 0 Å². The van der Waals surface area contributed by atoms with Crippen molar-refractivity contribution in [2.24, 2.45) is 0 Å². The Bertz CT molecular complexity index is 1300. The number of fused-ring (bicyclic) bond motifs is 2. The van der Waals surface area contributed by atoms with Gasteiger partial charge in [0, 0.05) is 36.6 Å². The molecule has 2 unspecified atom stereocenters. The molecule has 0 aliphatic carbocycles. The minimum absolute atomic E-state index is 0.233. The maximum absolute atomic E-state index is 12.6. The van der Waals surface area contributed by atoms with E-state index in [2.05, 4.69) is 39.2 Å². The van der Waals surface area contributed by atoms with Gasteiger partial charge in [-0.05, 0) is 89.3 Å². The summed E-state index contributed by atoms with van der Waals surface area (Å²) in [4.78, 5) is 33.6. The van der Waals surface area contributed by atoms with Gasteiger partial charge < -0.3 is 34.8 Å². The number of benzene rings is 2. The number of likely N-dealkylation sites (N-methyl/N-ethyl adjacent to an activating group) is 1. The molecule has 5 rings (SSSR count). The Morgan fingerprint density at radius 3 is 2.15 bits per heavy atom. The quantitative estimate of drug-likeness (QED) is 0.374. The van der Waals surface area contributed by atoms with Crippen LogP contribution in [-0.4, -0.2) is 91.5 Å². The summed E-state index contributed by atoms with van der Waals surface area (Å²) in [6.07, 6.45) is 2.16. The average Bonchev–Trinajstić information content (AvgIpc) is 3.21. The van der Waals surface area contributed by atoms with Gasteiger partial charge in [-0.3, -0.25) is 0 Å². The highest BCUT2D eigenvalue weighted by atomic mass is 16.5. The fourth-order valence-corrected chi connectivity index (χ4v) is 4.92. The van der Waals surface area contributed by atoms with E-state index in [9.17, 15) is 4.79 Å². The van der Waals surface area contributed by atoms with E-state index in [0.29, 0.717) is 48.9 Å². The fourth-order valence-electron chi connectivity index (χ4n) is 4.92. The van der Waals surface area contributed by atoms with E-state index < -0.39 is 0 Å². The average molecular weight is 561 g/mol. The summed E-state index contributed by atoms with van der Waals surface area (Å²) >= 11 is 0. The van der Waals surface area contributed by atoms with Crippen molar-refractivity contribution in [1.82, 2.24) is 19.9 Å². The number of nitrogens with zero attached hydrogens (tertiary/aromatic N) is 6. The monoisotopic (exact) mass is 560 g/mol. The van der Waals surface area contributed by atoms with Crippen LogP contribution in [0, 0.1) is 0 Å². The summed E-state index contributed by atoms with van der Waals surface area (Å²) in [5.41, 5.74) is 2.19.